The topological polar surface area (TPSA) is 0 Å². The minimum Gasteiger partial charge on any atom is -0.205 e. The van der Waals surface area contributed by atoms with Gasteiger partial charge in [0.25, 0.3) is 0 Å². The molecule has 0 heterocycles. The fraction of sp³-hybridized carbons (Fsp3) is 0.0345. The van der Waals surface area contributed by atoms with Crippen LogP contribution in [0, 0.1) is 111 Å². The second-order valence-corrected chi connectivity index (χ2v) is 13.1. The van der Waals surface area contributed by atoms with Gasteiger partial charge in [-0.25, -0.2) is 83.4 Å². The summed E-state index contributed by atoms with van der Waals surface area (Å²) in [5.74, 6) is -66.4. The van der Waals surface area contributed by atoms with Crippen LogP contribution in [0.15, 0.2) is 0 Å². The fourth-order valence-corrected chi connectivity index (χ4v) is 9.46. The monoisotopic (exact) mass is 774 g/mol. The molecule has 0 amide bonds. The maximum Gasteiger partial charge on any atom is 0.405 e. The Morgan fingerprint density at radius 1 is 0.255 bits per heavy atom. The van der Waals surface area contributed by atoms with Gasteiger partial charge in [-0.3, -0.25) is 0 Å². The van der Waals surface area contributed by atoms with Crippen molar-refractivity contribution in [2.45, 2.75) is 5.92 Å². The molecule has 1 aliphatic rings. The van der Waals surface area contributed by atoms with Crippen LogP contribution in [0.4, 0.5) is 92.2 Å². The number of halogens is 21. The van der Waals surface area contributed by atoms with Gasteiger partial charge in [0.05, 0.1) is 10.9 Å². The maximum atomic E-state index is 16.1. The van der Waals surface area contributed by atoms with E-state index in [-0.39, 0.29) is 0 Å². The molecule has 6 rings (SSSR count). The predicted octanol–water partition coefficient (Wildman–Crippen LogP) is 8.12. The van der Waals surface area contributed by atoms with Crippen molar-refractivity contribution in [2.75, 3.05) is 0 Å². The highest BCUT2D eigenvalue weighted by Gasteiger charge is 2.57. The number of hydrogen-bond acceptors (Lipinski definition) is 0. The van der Waals surface area contributed by atoms with Crippen LogP contribution in [0.1, 0.15) is 11.1 Å². The SMILES string of the molecule is Fc1c(F)c(F)[c]([Al]([c]2c(F)c(F)c(F)c3c2C(F)(F)c2c(F)c(F)c(F)c(F)c2-3)[c]2c(F)c(F)c(F)c3c(F)c(F)c(F)c(F)c23)c(F)c1F. The Morgan fingerprint density at radius 2 is 0.549 bits per heavy atom. The standard InChI is InChI=1S/C13F9.C10F7.C6F5.Al/c14-3-1-2-4(8(16)7(3)15)5-6(13(2,21)22)10(18)12(20)11(19)9(5)17;11-3-1-2-4(7(14)6(3)13)8(15)10(17)9(16)5(2)12;7-2-1-3(8)5(10)6(11)4(2)9;. The Kier molecular flexibility index (Phi) is 8.14. The molecule has 22 heteroatoms. The summed E-state index contributed by atoms with van der Waals surface area (Å²) in [4.78, 5) is 0. The smallest absolute Gasteiger partial charge is 0.205 e. The van der Waals surface area contributed by atoms with Crippen LogP contribution in [0.3, 0.4) is 0 Å². The zero-order valence-electron chi connectivity index (χ0n) is 23.0. The lowest BCUT2D eigenvalue weighted by Gasteiger charge is -2.25. The van der Waals surface area contributed by atoms with Crippen molar-refractivity contribution in [3.8, 4) is 11.1 Å². The van der Waals surface area contributed by atoms with E-state index in [1.807, 2.05) is 0 Å². The summed E-state index contributed by atoms with van der Waals surface area (Å²) in [6.07, 6.45) is 0. The highest BCUT2D eigenvalue weighted by Crippen LogP contribution is 2.55. The largest absolute Gasteiger partial charge is 0.405 e. The highest BCUT2D eigenvalue weighted by molar-refractivity contribution is 6.97. The number of alkyl halides is 2. The second kappa shape index (κ2) is 11.5. The van der Waals surface area contributed by atoms with Gasteiger partial charge in [-0.05, 0) is 4.43 Å². The number of benzene rings is 5. The molecule has 0 fully saturated rings. The first-order valence-electron chi connectivity index (χ1n) is 12.8. The molecule has 5 aromatic carbocycles. The summed E-state index contributed by atoms with van der Waals surface area (Å²) in [6, 6.07) is 0. The maximum absolute atomic E-state index is 16.1. The molecule has 51 heavy (non-hydrogen) atoms. The fourth-order valence-electron chi connectivity index (χ4n) is 5.90. The lowest BCUT2D eigenvalue weighted by Crippen LogP contribution is -2.60. The third kappa shape index (κ3) is 4.41. The lowest BCUT2D eigenvalue weighted by atomic mass is 10.0. The Bertz CT molecular complexity index is 2420. The molecule has 0 radical (unpaired) electrons. The number of fused-ring (bicyclic) bond motifs is 4. The van der Waals surface area contributed by atoms with E-state index in [1.54, 1.807) is 0 Å². The molecule has 0 aliphatic heterocycles. The average Bonchev–Trinajstić information content (AvgIpc) is 3.33. The quantitative estimate of drug-likeness (QED) is 0.0753. The molecule has 0 unspecified atom stereocenters. The van der Waals surface area contributed by atoms with Gasteiger partial charge >= 0.3 is 20.1 Å². The Hall–Kier alpha value is -4.58. The predicted molar refractivity (Wildman–Crippen MR) is 129 cm³/mol. The van der Waals surface area contributed by atoms with Crippen LogP contribution in [0.25, 0.3) is 21.9 Å². The summed E-state index contributed by atoms with van der Waals surface area (Å²) < 4.78 is 306. The normalized spacial score (nSPS) is 13.4. The van der Waals surface area contributed by atoms with Crippen molar-refractivity contribution in [1.29, 1.82) is 0 Å². The molecular weight excluding hydrogens is 774 g/mol. The third-order valence-electron chi connectivity index (χ3n) is 7.99. The Labute approximate surface area is 269 Å². The van der Waals surface area contributed by atoms with Crippen LogP contribution < -0.4 is 13.3 Å². The van der Waals surface area contributed by atoms with Crippen molar-refractivity contribution in [3.05, 3.63) is 122 Å². The van der Waals surface area contributed by atoms with Crippen molar-refractivity contribution >= 4 is 38.2 Å². The average molecular weight is 774 g/mol. The van der Waals surface area contributed by atoms with E-state index in [0.717, 1.165) is 0 Å². The molecule has 0 N–H and O–H groups in total. The van der Waals surface area contributed by atoms with Crippen LogP contribution in [0.2, 0.25) is 0 Å². The Morgan fingerprint density at radius 3 is 1.04 bits per heavy atom. The van der Waals surface area contributed by atoms with Gasteiger partial charge in [0.15, 0.2) is 111 Å². The van der Waals surface area contributed by atoms with Crippen molar-refractivity contribution in [2.24, 2.45) is 0 Å². The van der Waals surface area contributed by atoms with E-state index in [2.05, 4.69) is 0 Å². The summed E-state index contributed by atoms with van der Waals surface area (Å²) in [6.45, 7) is 0. The zero-order chi connectivity index (χ0) is 38.2. The molecule has 1 aliphatic carbocycles. The first kappa shape index (κ1) is 36.2. The summed E-state index contributed by atoms with van der Waals surface area (Å²) in [5.41, 5.74) is -11.0. The first-order valence-corrected chi connectivity index (χ1v) is 14.6. The summed E-state index contributed by atoms with van der Waals surface area (Å²) in [5, 5.41) is -5.31. The van der Waals surface area contributed by atoms with E-state index < -0.39 is 177 Å². The molecule has 0 bridgehead atoms. The van der Waals surface area contributed by atoms with Gasteiger partial charge in [-0.2, -0.15) is 8.78 Å². The summed E-state index contributed by atoms with van der Waals surface area (Å²) in [7, 11) is 0. The second-order valence-electron chi connectivity index (χ2n) is 10.5. The first-order chi connectivity index (χ1) is 23.5. The molecule has 0 atom stereocenters. The van der Waals surface area contributed by atoms with Gasteiger partial charge in [0.1, 0.15) is 0 Å². The van der Waals surface area contributed by atoms with E-state index in [0.29, 0.717) is 0 Å². The third-order valence-corrected chi connectivity index (χ3v) is 11.3. The van der Waals surface area contributed by atoms with Crippen molar-refractivity contribution in [1.82, 2.24) is 0 Å². The van der Waals surface area contributed by atoms with Crippen LogP contribution >= 0.6 is 0 Å². The van der Waals surface area contributed by atoms with Gasteiger partial charge < -0.3 is 0 Å². The van der Waals surface area contributed by atoms with E-state index in [4.69, 9.17) is 0 Å². The van der Waals surface area contributed by atoms with E-state index in [9.17, 15) is 52.7 Å². The van der Waals surface area contributed by atoms with E-state index in [1.165, 1.54) is 0 Å². The van der Waals surface area contributed by atoms with Gasteiger partial charge in [0.2, 0.25) is 0 Å². The minimum absolute atomic E-state index is 2.53. The summed E-state index contributed by atoms with van der Waals surface area (Å²) >= 11 is -6.76. The molecule has 0 nitrogen and oxygen atoms in total. The highest BCUT2D eigenvalue weighted by atomic mass is 27.2. The molecule has 266 valence electrons. The molecule has 0 saturated carbocycles. The van der Waals surface area contributed by atoms with Gasteiger partial charge in [-0.1, -0.05) is 8.85 Å². The Balaban J connectivity index is 2.00. The molecular formula is C29AlF21. The minimum atomic E-state index is -6.76. The zero-order valence-corrected chi connectivity index (χ0v) is 24.2. The van der Waals surface area contributed by atoms with Crippen LogP contribution in [0.5, 0.6) is 0 Å². The van der Waals surface area contributed by atoms with Gasteiger partial charge in [0, 0.05) is 22.1 Å². The van der Waals surface area contributed by atoms with Gasteiger partial charge in [-0.15, -0.1) is 0 Å². The molecule has 0 spiro atoms. The molecule has 0 saturated heterocycles. The van der Waals surface area contributed by atoms with Crippen molar-refractivity contribution < 1.29 is 92.2 Å². The van der Waals surface area contributed by atoms with Crippen LogP contribution in [-0.2, 0) is 5.92 Å². The number of hydrogen-bond donors (Lipinski definition) is 0. The number of rotatable bonds is 3. The van der Waals surface area contributed by atoms with E-state index >= 15 is 39.5 Å². The van der Waals surface area contributed by atoms with Crippen molar-refractivity contribution in [3.63, 3.8) is 0 Å². The molecule has 0 aromatic heterocycles. The molecule has 5 aromatic rings. The van der Waals surface area contributed by atoms with Crippen LogP contribution in [-0.4, -0.2) is 14.1 Å². The lowest BCUT2D eigenvalue weighted by molar-refractivity contribution is 0.0435.